The first kappa shape index (κ1) is 10.6. The molecule has 0 atom stereocenters. The summed E-state index contributed by atoms with van der Waals surface area (Å²) >= 11 is 4.27. The fraction of sp³-hybridized carbons (Fsp3) is 0.333. The molecule has 0 bridgehead atoms. The quantitative estimate of drug-likeness (QED) is 0.739. The number of rotatable bonds is 2. The van der Waals surface area contributed by atoms with Crippen molar-refractivity contribution in [3.63, 3.8) is 0 Å². The van der Waals surface area contributed by atoms with Gasteiger partial charge in [-0.15, -0.1) is 0 Å². The first-order chi connectivity index (χ1) is 7.15. The van der Waals surface area contributed by atoms with Gasteiger partial charge in [0.2, 0.25) is 0 Å². The van der Waals surface area contributed by atoms with Crippen LogP contribution in [0.2, 0.25) is 0 Å². The van der Waals surface area contributed by atoms with Crippen LogP contribution in [-0.2, 0) is 5.75 Å². The molecule has 1 heterocycles. The summed E-state index contributed by atoms with van der Waals surface area (Å²) in [5.74, 6) is 0.480. The lowest BCUT2D eigenvalue weighted by Gasteiger charge is -2.09. The molecule has 1 aromatic carbocycles. The second-order valence-corrected chi connectivity index (χ2v) is 4.27. The van der Waals surface area contributed by atoms with Gasteiger partial charge in [-0.2, -0.15) is 12.6 Å². The van der Waals surface area contributed by atoms with Gasteiger partial charge in [-0.1, -0.05) is 12.1 Å². The van der Waals surface area contributed by atoms with E-state index in [1.54, 1.807) is 6.07 Å². The Labute approximate surface area is 94.3 Å². The van der Waals surface area contributed by atoms with Crippen LogP contribution in [0, 0.1) is 5.82 Å². The number of thiol groups is 1. The Hall–Kier alpha value is -0.960. The van der Waals surface area contributed by atoms with Crippen molar-refractivity contribution in [2.24, 2.45) is 0 Å². The fourth-order valence-corrected chi connectivity index (χ4v) is 2.12. The van der Waals surface area contributed by atoms with Gasteiger partial charge in [0, 0.05) is 23.4 Å². The van der Waals surface area contributed by atoms with Crippen molar-refractivity contribution < 1.29 is 4.39 Å². The zero-order valence-electron chi connectivity index (χ0n) is 8.87. The Balaban J connectivity index is 2.82. The van der Waals surface area contributed by atoms with Crippen LogP contribution in [-0.4, -0.2) is 4.57 Å². The highest BCUT2D eigenvalue weighted by atomic mass is 32.1. The molecular formula is C12H14FNS. The molecule has 3 heteroatoms. The van der Waals surface area contributed by atoms with Crippen molar-refractivity contribution in [2.75, 3.05) is 0 Å². The van der Waals surface area contributed by atoms with Crippen LogP contribution in [0.3, 0.4) is 0 Å². The number of fused-ring (bicyclic) bond motifs is 1. The third-order valence-electron chi connectivity index (χ3n) is 2.61. The smallest absolute Gasteiger partial charge is 0.147 e. The predicted molar refractivity (Wildman–Crippen MR) is 65.0 cm³/mol. The zero-order chi connectivity index (χ0) is 11.0. The predicted octanol–water partition coefficient (Wildman–Crippen LogP) is 3.79. The Morgan fingerprint density at radius 2 is 2.13 bits per heavy atom. The van der Waals surface area contributed by atoms with Crippen LogP contribution in [0.25, 0.3) is 10.9 Å². The van der Waals surface area contributed by atoms with E-state index in [0.717, 1.165) is 10.9 Å². The maximum Gasteiger partial charge on any atom is 0.147 e. The largest absolute Gasteiger partial charge is 0.342 e. The first-order valence-electron chi connectivity index (χ1n) is 5.04. The molecule has 2 aromatic rings. The van der Waals surface area contributed by atoms with Crippen molar-refractivity contribution in [3.05, 3.63) is 35.8 Å². The van der Waals surface area contributed by atoms with Gasteiger partial charge in [-0.3, -0.25) is 0 Å². The Morgan fingerprint density at radius 1 is 1.40 bits per heavy atom. The van der Waals surface area contributed by atoms with Crippen LogP contribution < -0.4 is 0 Å². The number of aromatic nitrogens is 1. The van der Waals surface area contributed by atoms with Gasteiger partial charge >= 0.3 is 0 Å². The highest BCUT2D eigenvalue weighted by molar-refractivity contribution is 7.79. The van der Waals surface area contributed by atoms with E-state index in [9.17, 15) is 4.39 Å². The number of nitrogens with zero attached hydrogens (tertiary/aromatic N) is 1. The van der Waals surface area contributed by atoms with Gasteiger partial charge in [0.15, 0.2) is 0 Å². The lowest BCUT2D eigenvalue weighted by atomic mass is 10.2. The summed E-state index contributed by atoms with van der Waals surface area (Å²) in [6, 6.07) is 5.46. The first-order valence-corrected chi connectivity index (χ1v) is 5.67. The summed E-state index contributed by atoms with van der Waals surface area (Å²) in [5, 5.41) is 0.971. The zero-order valence-corrected chi connectivity index (χ0v) is 9.76. The molecule has 80 valence electrons. The highest BCUT2D eigenvalue weighted by Crippen LogP contribution is 2.27. The average Bonchev–Trinajstić information content (AvgIpc) is 2.58. The minimum absolute atomic E-state index is 0.158. The summed E-state index contributed by atoms with van der Waals surface area (Å²) in [5.41, 5.74) is 1.78. The summed E-state index contributed by atoms with van der Waals surface area (Å²) in [7, 11) is 0. The minimum atomic E-state index is -0.158. The third kappa shape index (κ3) is 1.65. The number of hydrogen-bond acceptors (Lipinski definition) is 1. The minimum Gasteiger partial charge on any atom is -0.342 e. The van der Waals surface area contributed by atoms with Crippen molar-refractivity contribution in [1.29, 1.82) is 0 Å². The summed E-state index contributed by atoms with van der Waals surface area (Å²) in [6.07, 6.45) is 1.99. The number of halogens is 1. The van der Waals surface area contributed by atoms with Gasteiger partial charge in [-0.25, -0.2) is 4.39 Å². The molecule has 0 N–H and O–H groups in total. The van der Waals surface area contributed by atoms with E-state index in [-0.39, 0.29) is 11.9 Å². The van der Waals surface area contributed by atoms with E-state index in [1.807, 2.05) is 30.7 Å². The van der Waals surface area contributed by atoms with Gasteiger partial charge in [0.1, 0.15) is 5.82 Å². The molecule has 0 amide bonds. The Kier molecular flexibility index (Phi) is 2.74. The Bertz CT molecular complexity index is 488. The molecule has 2 rings (SSSR count). The average molecular weight is 223 g/mol. The molecule has 0 saturated heterocycles. The number of para-hydroxylation sites is 1. The normalized spacial score (nSPS) is 11.5. The molecule has 0 saturated carbocycles. The van der Waals surface area contributed by atoms with E-state index >= 15 is 0 Å². The Morgan fingerprint density at radius 3 is 2.73 bits per heavy atom. The molecule has 0 aliphatic carbocycles. The van der Waals surface area contributed by atoms with Crippen LogP contribution in [0.15, 0.2) is 24.4 Å². The molecule has 0 unspecified atom stereocenters. The van der Waals surface area contributed by atoms with E-state index in [4.69, 9.17) is 0 Å². The van der Waals surface area contributed by atoms with Crippen LogP contribution in [0.5, 0.6) is 0 Å². The topological polar surface area (TPSA) is 4.93 Å². The maximum atomic E-state index is 13.7. The second-order valence-electron chi connectivity index (χ2n) is 3.95. The SMILES string of the molecule is CC(C)n1cc(CS)c2cccc(F)c21. The lowest BCUT2D eigenvalue weighted by Crippen LogP contribution is -1.99. The highest BCUT2D eigenvalue weighted by Gasteiger charge is 2.12. The molecular weight excluding hydrogens is 209 g/mol. The maximum absolute atomic E-state index is 13.7. The number of hydrogen-bond donors (Lipinski definition) is 1. The summed E-state index contributed by atoms with van der Waals surface area (Å²) < 4.78 is 15.7. The summed E-state index contributed by atoms with van der Waals surface area (Å²) in [6.45, 7) is 4.10. The van der Waals surface area contributed by atoms with Gasteiger partial charge < -0.3 is 4.57 Å². The molecule has 15 heavy (non-hydrogen) atoms. The third-order valence-corrected chi connectivity index (χ3v) is 2.95. The van der Waals surface area contributed by atoms with Crippen LogP contribution >= 0.6 is 12.6 Å². The molecule has 1 aromatic heterocycles. The van der Waals surface area contributed by atoms with Crippen molar-refractivity contribution in [1.82, 2.24) is 4.57 Å². The molecule has 0 aliphatic heterocycles. The van der Waals surface area contributed by atoms with E-state index in [0.29, 0.717) is 11.3 Å². The van der Waals surface area contributed by atoms with E-state index in [2.05, 4.69) is 12.6 Å². The monoisotopic (exact) mass is 223 g/mol. The van der Waals surface area contributed by atoms with Gasteiger partial charge in [0.25, 0.3) is 0 Å². The molecule has 0 radical (unpaired) electrons. The van der Waals surface area contributed by atoms with Gasteiger partial charge in [-0.05, 0) is 25.5 Å². The number of benzene rings is 1. The van der Waals surface area contributed by atoms with E-state index in [1.165, 1.54) is 6.07 Å². The molecule has 0 spiro atoms. The summed E-state index contributed by atoms with van der Waals surface area (Å²) in [4.78, 5) is 0. The van der Waals surface area contributed by atoms with Crippen LogP contribution in [0.4, 0.5) is 4.39 Å². The standard InChI is InChI=1S/C12H14FNS/c1-8(2)14-6-9(7-15)10-4-3-5-11(13)12(10)14/h3-6,8,15H,7H2,1-2H3. The lowest BCUT2D eigenvalue weighted by molar-refractivity contribution is 0.588. The van der Waals surface area contributed by atoms with Gasteiger partial charge in [0.05, 0.1) is 5.52 Å². The molecule has 0 fully saturated rings. The fourth-order valence-electron chi connectivity index (χ4n) is 1.87. The van der Waals surface area contributed by atoms with Crippen molar-refractivity contribution in [3.8, 4) is 0 Å². The molecule has 1 nitrogen and oxygen atoms in total. The molecule has 0 aliphatic rings. The van der Waals surface area contributed by atoms with Crippen LogP contribution in [0.1, 0.15) is 25.5 Å². The van der Waals surface area contributed by atoms with E-state index < -0.39 is 0 Å². The van der Waals surface area contributed by atoms with Crippen molar-refractivity contribution in [2.45, 2.75) is 25.6 Å². The second kappa shape index (κ2) is 3.89. The van der Waals surface area contributed by atoms with Crippen molar-refractivity contribution >= 4 is 23.5 Å².